The van der Waals surface area contributed by atoms with Crippen LogP contribution in [0.1, 0.15) is 25.8 Å². The molecule has 1 fully saturated rings. The van der Waals surface area contributed by atoms with Crippen molar-refractivity contribution < 1.29 is 0 Å². The van der Waals surface area contributed by atoms with Gasteiger partial charge in [0, 0.05) is 36.4 Å². The van der Waals surface area contributed by atoms with Crippen molar-refractivity contribution in [3.63, 3.8) is 0 Å². The van der Waals surface area contributed by atoms with Crippen LogP contribution in [-0.2, 0) is 6.54 Å². The number of nitrogens with one attached hydrogen (secondary N) is 1. The lowest BCUT2D eigenvalue weighted by Gasteiger charge is -2.21. The van der Waals surface area contributed by atoms with Gasteiger partial charge in [-0.15, -0.1) is 0 Å². The van der Waals surface area contributed by atoms with Crippen LogP contribution in [0.3, 0.4) is 0 Å². The summed E-state index contributed by atoms with van der Waals surface area (Å²) in [6.07, 6.45) is 3.25. The fourth-order valence-corrected chi connectivity index (χ4v) is 2.68. The van der Waals surface area contributed by atoms with Crippen molar-refractivity contribution in [3.05, 3.63) is 22.3 Å². The first-order valence-electron chi connectivity index (χ1n) is 6.68. The highest BCUT2D eigenvalue weighted by Gasteiger charge is 2.33. The second-order valence-electron chi connectivity index (χ2n) is 5.27. The van der Waals surface area contributed by atoms with E-state index in [1.165, 1.54) is 12.0 Å². The third kappa shape index (κ3) is 3.45. The molecule has 2 unspecified atom stereocenters. The van der Waals surface area contributed by atoms with E-state index in [0.29, 0.717) is 0 Å². The van der Waals surface area contributed by atoms with Crippen molar-refractivity contribution in [2.45, 2.75) is 26.8 Å². The highest BCUT2D eigenvalue weighted by atomic mass is 79.9. The zero-order chi connectivity index (χ0) is 13.1. The van der Waals surface area contributed by atoms with E-state index in [1.807, 2.05) is 6.20 Å². The van der Waals surface area contributed by atoms with Gasteiger partial charge in [0.2, 0.25) is 0 Å². The fourth-order valence-electron chi connectivity index (χ4n) is 2.30. The molecule has 100 valence electrons. The minimum absolute atomic E-state index is 0.854. The van der Waals surface area contributed by atoms with Gasteiger partial charge in [0.05, 0.1) is 0 Å². The van der Waals surface area contributed by atoms with Crippen molar-refractivity contribution in [2.75, 3.05) is 25.0 Å². The monoisotopic (exact) mass is 311 g/mol. The number of nitrogens with zero attached hydrogens (tertiary/aromatic N) is 2. The van der Waals surface area contributed by atoms with Gasteiger partial charge in [-0.25, -0.2) is 4.98 Å². The second kappa shape index (κ2) is 6.02. The van der Waals surface area contributed by atoms with E-state index in [9.17, 15) is 0 Å². The predicted molar refractivity (Wildman–Crippen MR) is 79.9 cm³/mol. The van der Waals surface area contributed by atoms with Crippen LogP contribution < -0.4 is 10.2 Å². The first-order chi connectivity index (χ1) is 8.61. The Kier molecular flexibility index (Phi) is 4.62. The van der Waals surface area contributed by atoms with E-state index in [-0.39, 0.29) is 0 Å². The molecule has 0 saturated heterocycles. The van der Waals surface area contributed by atoms with Crippen LogP contribution >= 0.6 is 15.9 Å². The zero-order valence-electron chi connectivity index (χ0n) is 11.4. The van der Waals surface area contributed by atoms with Crippen LogP contribution in [0.5, 0.6) is 0 Å². The van der Waals surface area contributed by atoms with E-state index in [1.54, 1.807) is 0 Å². The molecule has 0 spiro atoms. The Morgan fingerprint density at radius 1 is 1.56 bits per heavy atom. The molecule has 18 heavy (non-hydrogen) atoms. The molecule has 0 aromatic carbocycles. The third-order valence-corrected chi connectivity index (χ3v) is 4.05. The molecule has 2 atom stereocenters. The fraction of sp³-hybridized carbons (Fsp3) is 0.643. The van der Waals surface area contributed by atoms with Gasteiger partial charge in [-0.3, -0.25) is 0 Å². The standard InChI is InChI=1S/C14H22BrN3/c1-4-16-7-11-6-13(15)8-17-14(11)18(3)9-12-5-10(12)2/h6,8,10,12,16H,4-5,7,9H2,1-3H3. The highest BCUT2D eigenvalue weighted by Crippen LogP contribution is 2.38. The Morgan fingerprint density at radius 2 is 2.28 bits per heavy atom. The molecule has 0 radical (unpaired) electrons. The van der Waals surface area contributed by atoms with Gasteiger partial charge in [-0.05, 0) is 46.8 Å². The average molecular weight is 312 g/mol. The maximum Gasteiger partial charge on any atom is 0.132 e. The Hall–Kier alpha value is -0.610. The molecule has 1 N–H and O–H groups in total. The summed E-state index contributed by atoms with van der Waals surface area (Å²) in [7, 11) is 2.15. The van der Waals surface area contributed by atoms with Crippen LogP contribution in [0, 0.1) is 11.8 Å². The smallest absolute Gasteiger partial charge is 0.132 e. The van der Waals surface area contributed by atoms with Gasteiger partial charge in [-0.2, -0.15) is 0 Å². The van der Waals surface area contributed by atoms with Crippen LogP contribution in [0.15, 0.2) is 16.7 Å². The summed E-state index contributed by atoms with van der Waals surface area (Å²) in [5, 5.41) is 3.38. The number of rotatable bonds is 6. The van der Waals surface area contributed by atoms with Crippen molar-refractivity contribution in [3.8, 4) is 0 Å². The molecular weight excluding hydrogens is 290 g/mol. The van der Waals surface area contributed by atoms with E-state index in [4.69, 9.17) is 0 Å². The summed E-state index contributed by atoms with van der Waals surface area (Å²) in [5.41, 5.74) is 1.27. The Labute approximate surface area is 118 Å². The molecule has 4 heteroatoms. The largest absolute Gasteiger partial charge is 0.359 e. The van der Waals surface area contributed by atoms with Gasteiger partial charge >= 0.3 is 0 Å². The first-order valence-corrected chi connectivity index (χ1v) is 7.47. The minimum Gasteiger partial charge on any atom is -0.359 e. The highest BCUT2D eigenvalue weighted by molar-refractivity contribution is 9.10. The lowest BCUT2D eigenvalue weighted by Crippen LogP contribution is -2.24. The molecular formula is C14H22BrN3. The zero-order valence-corrected chi connectivity index (χ0v) is 13.0. The molecule has 3 nitrogen and oxygen atoms in total. The summed E-state index contributed by atoms with van der Waals surface area (Å²) in [6, 6.07) is 2.16. The predicted octanol–water partition coefficient (Wildman–Crippen LogP) is 3.05. The number of hydrogen-bond acceptors (Lipinski definition) is 3. The number of halogens is 1. The summed E-state index contributed by atoms with van der Waals surface area (Å²) in [6.45, 7) is 7.43. The molecule has 2 rings (SSSR count). The van der Waals surface area contributed by atoms with Crippen LogP contribution in [-0.4, -0.2) is 25.1 Å². The molecule has 1 aromatic heterocycles. The molecule has 0 aliphatic heterocycles. The van der Waals surface area contributed by atoms with Gasteiger partial charge in [-0.1, -0.05) is 13.8 Å². The van der Waals surface area contributed by atoms with Crippen molar-refractivity contribution in [1.82, 2.24) is 10.3 Å². The molecule has 0 amide bonds. The van der Waals surface area contributed by atoms with E-state index >= 15 is 0 Å². The summed E-state index contributed by atoms with van der Waals surface area (Å²) in [4.78, 5) is 6.87. The topological polar surface area (TPSA) is 28.2 Å². The number of hydrogen-bond donors (Lipinski definition) is 1. The quantitative estimate of drug-likeness (QED) is 0.875. The molecule has 1 aromatic rings. The Bertz CT molecular complexity index is 408. The molecule has 1 saturated carbocycles. The van der Waals surface area contributed by atoms with Crippen LogP contribution in [0.4, 0.5) is 5.82 Å². The van der Waals surface area contributed by atoms with E-state index in [0.717, 1.165) is 41.8 Å². The van der Waals surface area contributed by atoms with Crippen LogP contribution in [0.25, 0.3) is 0 Å². The Balaban J connectivity index is 2.09. The average Bonchev–Trinajstić information content (AvgIpc) is 3.02. The molecule has 1 heterocycles. The summed E-state index contributed by atoms with van der Waals surface area (Å²) >= 11 is 3.50. The maximum absolute atomic E-state index is 4.58. The number of pyridine rings is 1. The minimum atomic E-state index is 0.854. The lowest BCUT2D eigenvalue weighted by atomic mass is 10.2. The maximum atomic E-state index is 4.58. The van der Waals surface area contributed by atoms with Crippen LogP contribution in [0.2, 0.25) is 0 Å². The summed E-state index contributed by atoms with van der Waals surface area (Å²) < 4.78 is 1.05. The van der Waals surface area contributed by atoms with Gasteiger partial charge in [0.1, 0.15) is 5.82 Å². The SMILES string of the molecule is CCNCc1cc(Br)cnc1N(C)CC1CC1C. The summed E-state index contributed by atoms with van der Waals surface area (Å²) in [5.74, 6) is 2.85. The second-order valence-corrected chi connectivity index (χ2v) is 6.19. The van der Waals surface area contributed by atoms with Crippen molar-refractivity contribution in [2.24, 2.45) is 11.8 Å². The number of aromatic nitrogens is 1. The van der Waals surface area contributed by atoms with E-state index < -0.39 is 0 Å². The van der Waals surface area contributed by atoms with Gasteiger partial charge in [0.15, 0.2) is 0 Å². The normalized spacial score (nSPS) is 22.0. The van der Waals surface area contributed by atoms with Gasteiger partial charge in [0.25, 0.3) is 0 Å². The van der Waals surface area contributed by atoms with E-state index in [2.05, 4.69) is 58.1 Å². The first kappa shape index (κ1) is 13.8. The third-order valence-electron chi connectivity index (χ3n) is 3.62. The molecule has 1 aliphatic carbocycles. The molecule has 1 aliphatic rings. The van der Waals surface area contributed by atoms with Gasteiger partial charge < -0.3 is 10.2 Å². The van der Waals surface area contributed by atoms with Crippen molar-refractivity contribution >= 4 is 21.7 Å². The molecule has 0 bridgehead atoms. The lowest BCUT2D eigenvalue weighted by molar-refractivity contribution is 0.697. The number of anilines is 1. The Morgan fingerprint density at radius 3 is 2.89 bits per heavy atom. The van der Waals surface area contributed by atoms with Crippen molar-refractivity contribution in [1.29, 1.82) is 0 Å².